The lowest BCUT2D eigenvalue weighted by molar-refractivity contribution is -0.385. The average molecular weight is 375 g/mol. The monoisotopic (exact) mass is 375 g/mol. The molecular formula is C17H14FN3O6. The molecular weight excluding hydrogens is 361 g/mol. The third-order valence-corrected chi connectivity index (χ3v) is 3.26. The van der Waals surface area contributed by atoms with Crippen LogP contribution < -0.4 is 14.9 Å². The van der Waals surface area contributed by atoms with Crippen LogP contribution in [0.25, 0.3) is 0 Å². The molecule has 0 bridgehead atoms. The topological polar surface area (TPSA) is 120 Å². The zero-order chi connectivity index (χ0) is 20.0. The van der Waals surface area contributed by atoms with Gasteiger partial charge in [0.2, 0.25) is 5.75 Å². The second kappa shape index (κ2) is 8.52. The number of hydrogen-bond acceptors (Lipinski definition) is 7. The highest BCUT2D eigenvalue weighted by Gasteiger charge is 2.25. The summed E-state index contributed by atoms with van der Waals surface area (Å²) < 4.78 is 23.4. The van der Waals surface area contributed by atoms with E-state index in [0.717, 1.165) is 19.2 Å². The molecule has 0 aromatic heterocycles. The van der Waals surface area contributed by atoms with E-state index in [-0.39, 0.29) is 22.6 Å². The van der Waals surface area contributed by atoms with E-state index in [1.807, 2.05) is 0 Å². The van der Waals surface area contributed by atoms with Crippen LogP contribution >= 0.6 is 0 Å². The maximum Gasteiger partial charge on any atom is 0.323 e. The maximum absolute atomic E-state index is 13.5. The van der Waals surface area contributed by atoms with Crippen LogP contribution in [-0.2, 0) is 4.79 Å². The molecule has 27 heavy (non-hydrogen) atoms. The molecule has 140 valence electrons. The lowest BCUT2D eigenvalue weighted by Gasteiger charge is -2.09. The summed E-state index contributed by atoms with van der Waals surface area (Å²) in [7, 11) is 1.18. The summed E-state index contributed by atoms with van der Waals surface area (Å²) in [4.78, 5) is 33.6. The molecule has 0 fully saturated rings. The van der Waals surface area contributed by atoms with Crippen LogP contribution in [-0.4, -0.2) is 30.1 Å². The van der Waals surface area contributed by atoms with Crippen LogP contribution in [0.2, 0.25) is 0 Å². The fraction of sp³-hybridized carbons (Fsp3) is 0.118. The molecule has 1 amide bonds. The summed E-state index contributed by atoms with van der Waals surface area (Å²) in [6, 6.07) is 7.83. The number of nitrogens with zero attached hydrogens (tertiary/aromatic N) is 2. The lowest BCUT2D eigenvalue weighted by Crippen LogP contribution is -2.19. The van der Waals surface area contributed by atoms with Gasteiger partial charge in [0.1, 0.15) is 5.82 Å². The number of hydrazone groups is 1. The summed E-state index contributed by atoms with van der Waals surface area (Å²) in [6.45, 7) is 1.14. The molecule has 0 aliphatic carbocycles. The molecule has 2 rings (SSSR count). The minimum absolute atomic E-state index is 0.0263. The highest BCUT2D eigenvalue weighted by molar-refractivity contribution is 5.95. The SMILES string of the molecule is COc1c(OC(C)=O)ccc(C=NNC(=O)c2ccccc2F)c1[N+](=O)[O-]. The first kappa shape index (κ1) is 19.5. The Morgan fingerprint density at radius 3 is 2.56 bits per heavy atom. The number of carbonyl (C=O) groups is 2. The van der Waals surface area contributed by atoms with Crippen molar-refractivity contribution in [2.75, 3.05) is 7.11 Å². The molecule has 9 nitrogen and oxygen atoms in total. The Morgan fingerprint density at radius 2 is 1.96 bits per heavy atom. The Balaban J connectivity index is 2.31. The second-order valence-electron chi connectivity index (χ2n) is 5.06. The van der Waals surface area contributed by atoms with Gasteiger partial charge in [-0.05, 0) is 24.3 Å². The van der Waals surface area contributed by atoms with E-state index in [9.17, 15) is 24.1 Å². The first-order chi connectivity index (χ1) is 12.8. The van der Waals surface area contributed by atoms with Crippen LogP contribution in [0.4, 0.5) is 10.1 Å². The van der Waals surface area contributed by atoms with Crippen molar-refractivity contribution in [3.63, 3.8) is 0 Å². The number of benzene rings is 2. The van der Waals surface area contributed by atoms with E-state index < -0.39 is 28.3 Å². The number of nitro benzene ring substituents is 1. The first-order valence-electron chi connectivity index (χ1n) is 7.47. The number of ether oxygens (including phenoxy) is 2. The molecule has 2 aromatic rings. The van der Waals surface area contributed by atoms with Crippen LogP contribution in [0.5, 0.6) is 11.5 Å². The number of methoxy groups -OCH3 is 1. The molecule has 0 atom stereocenters. The number of amides is 1. The summed E-state index contributed by atoms with van der Waals surface area (Å²) in [5, 5.41) is 15.0. The van der Waals surface area contributed by atoms with Crippen molar-refractivity contribution in [1.29, 1.82) is 0 Å². The molecule has 0 saturated heterocycles. The van der Waals surface area contributed by atoms with Gasteiger partial charge in [0.05, 0.1) is 29.4 Å². The van der Waals surface area contributed by atoms with Gasteiger partial charge in [-0.25, -0.2) is 9.82 Å². The molecule has 0 aliphatic rings. The number of nitro groups is 1. The van der Waals surface area contributed by atoms with Gasteiger partial charge in [-0.3, -0.25) is 19.7 Å². The van der Waals surface area contributed by atoms with E-state index in [4.69, 9.17) is 9.47 Å². The van der Waals surface area contributed by atoms with Crippen LogP contribution in [0.1, 0.15) is 22.8 Å². The van der Waals surface area contributed by atoms with Gasteiger partial charge in [0.25, 0.3) is 5.91 Å². The second-order valence-corrected chi connectivity index (χ2v) is 5.06. The molecule has 0 heterocycles. The molecule has 0 aliphatic heterocycles. The Morgan fingerprint density at radius 1 is 1.26 bits per heavy atom. The van der Waals surface area contributed by atoms with Gasteiger partial charge in [-0.1, -0.05) is 12.1 Å². The first-order valence-corrected chi connectivity index (χ1v) is 7.47. The molecule has 1 N–H and O–H groups in total. The van der Waals surface area contributed by atoms with Crippen molar-refractivity contribution in [1.82, 2.24) is 5.43 Å². The van der Waals surface area contributed by atoms with Crippen LogP contribution in [0.15, 0.2) is 41.5 Å². The fourth-order valence-electron chi connectivity index (χ4n) is 2.16. The Kier molecular flexibility index (Phi) is 6.15. The Labute approximate surface area is 152 Å². The number of esters is 1. The minimum Gasteiger partial charge on any atom is -0.488 e. The number of halogens is 1. The highest BCUT2D eigenvalue weighted by Crippen LogP contribution is 2.39. The van der Waals surface area contributed by atoms with Crippen molar-refractivity contribution in [2.45, 2.75) is 6.92 Å². The van der Waals surface area contributed by atoms with Gasteiger partial charge in [-0.2, -0.15) is 5.10 Å². The van der Waals surface area contributed by atoms with Gasteiger partial charge in [-0.15, -0.1) is 0 Å². The van der Waals surface area contributed by atoms with E-state index in [0.29, 0.717) is 0 Å². The van der Waals surface area contributed by atoms with Gasteiger partial charge < -0.3 is 9.47 Å². The highest BCUT2D eigenvalue weighted by atomic mass is 19.1. The van der Waals surface area contributed by atoms with Crippen molar-refractivity contribution >= 4 is 23.8 Å². The minimum atomic E-state index is -0.824. The fourth-order valence-corrected chi connectivity index (χ4v) is 2.16. The van der Waals surface area contributed by atoms with Gasteiger partial charge >= 0.3 is 11.7 Å². The predicted octanol–water partition coefficient (Wildman–Crippen LogP) is 2.43. The third-order valence-electron chi connectivity index (χ3n) is 3.26. The van der Waals surface area contributed by atoms with Crippen molar-refractivity contribution < 1.29 is 28.4 Å². The molecule has 2 aromatic carbocycles. The molecule has 0 unspecified atom stereocenters. The zero-order valence-electron chi connectivity index (χ0n) is 14.3. The zero-order valence-corrected chi connectivity index (χ0v) is 14.3. The van der Waals surface area contributed by atoms with E-state index in [2.05, 4.69) is 10.5 Å². The summed E-state index contributed by atoms with van der Waals surface area (Å²) >= 11 is 0. The molecule has 10 heteroatoms. The average Bonchev–Trinajstić information content (AvgIpc) is 2.61. The predicted molar refractivity (Wildman–Crippen MR) is 92.4 cm³/mol. The smallest absolute Gasteiger partial charge is 0.323 e. The maximum atomic E-state index is 13.5. The number of carbonyl (C=O) groups excluding carboxylic acids is 2. The summed E-state index contributed by atoms with van der Waals surface area (Å²) in [5.41, 5.74) is 1.31. The van der Waals surface area contributed by atoms with Crippen molar-refractivity contribution in [3.8, 4) is 11.5 Å². The summed E-state index contributed by atoms with van der Waals surface area (Å²) in [5.74, 6) is -2.65. The van der Waals surface area contributed by atoms with Gasteiger partial charge in [0.15, 0.2) is 5.75 Å². The van der Waals surface area contributed by atoms with E-state index in [1.54, 1.807) is 0 Å². The standard InChI is InChI=1S/C17H14FN3O6/c1-10(22)27-14-8-7-11(15(21(24)25)16(14)26-2)9-19-20-17(23)12-5-3-4-6-13(12)18/h3-9H,1-2H3,(H,20,23). The van der Waals surface area contributed by atoms with Crippen LogP contribution in [0.3, 0.4) is 0 Å². The van der Waals surface area contributed by atoms with Crippen LogP contribution in [0, 0.1) is 15.9 Å². The number of rotatable bonds is 6. The largest absolute Gasteiger partial charge is 0.488 e. The summed E-state index contributed by atoms with van der Waals surface area (Å²) in [6.07, 6.45) is 0.997. The molecule has 0 saturated carbocycles. The normalized spacial score (nSPS) is 10.5. The number of hydrogen-bond donors (Lipinski definition) is 1. The van der Waals surface area contributed by atoms with E-state index in [1.165, 1.54) is 37.4 Å². The quantitative estimate of drug-likeness (QED) is 0.272. The Hall–Kier alpha value is -3.82. The lowest BCUT2D eigenvalue weighted by atomic mass is 10.1. The van der Waals surface area contributed by atoms with Crippen molar-refractivity contribution in [2.24, 2.45) is 5.10 Å². The Bertz CT molecular complexity index is 929. The van der Waals surface area contributed by atoms with E-state index >= 15 is 0 Å². The molecule has 0 spiro atoms. The van der Waals surface area contributed by atoms with Crippen molar-refractivity contribution in [3.05, 3.63) is 63.5 Å². The molecule has 0 radical (unpaired) electrons. The number of nitrogens with one attached hydrogen (secondary N) is 1. The third kappa shape index (κ3) is 4.63. The van der Waals surface area contributed by atoms with Gasteiger partial charge in [0, 0.05) is 6.92 Å².